The van der Waals surface area contributed by atoms with E-state index in [1.165, 1.54) is 31.5 Å². The number of likely N-dealkylation sites (tertiary alicyclic amines) is 1. The maximum absolute atomic E-state index is 4.51. The minimum Gasteiger partial charge on any atom is -0.311 e. The van der Waals surface area contributed by atoms with Crippen LogP contribution in [0, 0.1) is 0 Å². The molecule has 2 heterocycles. The van der Waals surface area contributed by atoms with Crippen LogP contribution in [0.4, 0.5) is 0 Å². The van der Waals surface area contributed by atoms with Crippen LogP contribution in [0.2, 0.25) is 0 Å². The largest absolute Gasteiger partial charge is 0.311 e. The third kappa shape index (κ3) is 2.91. The summed E-state index contributed by atoms with van der Waals surface area (Å²) in [5.41, 5.74) is 1.49. The van der Waals surface area contributed by atoms with Gasteiger partial charge in [-0.3, -0.25) is 9.58 Å². The van der Waals surface area contributed by atoms with Crippen molar-refractivity contribution in [1.29, 1.82) is 0 Å². The lowest BCUT2D eigenvalue weighted by Gasteiger charge is -2.44. The molecule has 0 radical (unpaired) electrons. The van der Waals surface area contributed by atoms with Gasteiger partial charge in [0.1, 0.15) is 0 Å². The van der Waals surface area contributed by atoms with Gasteiger partial charge in [0.05, 0.1) is 12.2 Å². The fourth-order valence-corrected chi connectivity index (χ4v) is 3.55. The molecule has 0 aliphatic carbocycles. The fourth-order valence-electron chi connectivity index (χ4n) is 3.55. The van der Waals surface area contributed by atoms with Crippen molar-refractivity contribution in [2.45, 2.75) is 64.6 Å². The van der Waals surface area contributed by atoms with Crippen molar-refractivity contribution in [3.05, 3.63) is 18.0 Å². The molecule has 1 aliphatic heterocycles. The van der Waals surface area contributed by atoms with E-state index in [0.29, 0.717) is 6.04 Å². The minimum atomic E-state index is 0.172. The highest BCUT2D eigenvalue weighted by atomic mass is 15.3. The molecular weight excluding hydrogens is 248 g/mol. The van der Waals surface area contributed by atoms with E-state index in [4.69, 9.17) is 0 Å². The first-order valence-corrected chi connectivity index (χ1v) is 8.10. The fraction of sp³-hybridized carbons (Fsp3) is 0.812. The highest BCUT2D eigenvalue weighted by Gasteiger charge is 2.39. The molecule has 1 aromatic rings. The molecule has 4 heteroatoms. The highest BCUT2D eigenvalue weighted by molar-refractivity contribution is 5.17. The van der Waals surface area contributed by atoms with Crippen LogP contribution in [0.25, 0.3) is 0 Å². The van der Waals surface area contributed by atoms with E-state index < -0.39 is 0 Å². The summed E-state index contributed by atoms with van der Waals surface area (Å²) >= 11 is 0. The summed E-state index contributed by atoms with van der Waals surface area (Å²) in [7, 11) is 2.08. The molecule has 1 aliphatic rings. The Bertz CT molecular complexity index is 408. The van der Waals surface area contributed by atoms with E-state index in [-0.39, 0.29) is 5.54 Å². The van der Waals surface area contributed by atoms with Crippen molar-refractivity contribution >= 4 is 0 Å². The van der Waals surface area contributed by atoms with E-state index in [9.17, 15) is 0 Å². The molecule has 2 atom stereocenters. The lowest BCUT2D eigenvalue weighted by Crippen LogP contribution is -2.52. The monoisotopic (exact) mass is 278 g/mol. The molecule has 2 unspecified atom stereocenters. The van der Waals surface area contributed by atoms with E-state index in [2.05, 4.69) is 54.0 Å². The number of hydrogen-bond donors (Lipinski definition) is 1. The minimum absolute atomic E-state index is 0.172. The van der Waals surface area contributed by atoms with Gasteiger partial charge < -0.3 is 5.32 Å². The van der Waals surface area contributed by atoms with Crippen molar-refractivity contribution in [3.8, 4) is 0 Å². The lowest BCUT2D eigenvalue weighted by molar-refractivity contribution is 0.0872. The maximum Gasteiger partial charge on any atom is 0.0538 e. The average Bonchev–Trinajstić information content (AvgIpc) is 3.11. The molecule has 0 amide bonds. The smallest absolute Gasteiger partial charge is 0.0538 e. The first-order chi connectivity index (χ1) is 9.65. The topological polar surface area (TPSA) is 33.1 Å². The summed E-state index contributed by atoms with van der Waals surface area (Å²) in [5.74, 6) is 0. The molecule has 0 aromatic carbocycles. The van der Waals surface area contributed by atoms with Crippen LogP contribution in [-0.2, 0) is 6.54 Å². The van der Waals surface area contributed by atoms with E-state index in [0.717, 1.165) is 19.4 Å². The molecular formula is C16H30N4. The van der Waals surface area contributed by atoms with Gasteiger partial charge in [-0.05, 0) is 52.7 Å². The zero-order chi connectivity index (χ0) is 14.6. The predicted octanol–water partition coefficient (Wildman–Crippen LogP) is 2.82. The maximum atomic E-state index is 4.51. The summed E-state index contributed by atoms with van der Waals surface area (Å²) in [5, 5.41) is 8.05. The summed E-state index contributed by atoms with van der Waals surface area (Å²) in [6, 6.07) is 0.344. The van der Waals surface area contributed by atoms with Gasteiger partial charge >= 0.3 is 0 Å². The predicted molar refractivity (Wildman–Crippen MR) is 83.8 cm³/mol. The normalized spacial score (nSPS) is 21.0. The van der Waals surface area contributed by atoms with E-state index >= 15 is 0 Å². The standard InChI is InChI=1S/C16H30N4/c1-5-9-20-13-14(12-18-20)15(17-4)16(3,6-2)19-10-7-8-11-19/h12-13,15,17H,5-11H2,1-4H3. The molecule has 4 nitrogen and oxygen atoms in total. The Morgan fingerprint density at radius 2 is 2.05 bits per heavy atom. The van der Waals surface area contributed by atoms with Gasteiger partial charge in [0.25, 0.3) is 0 Å². The summed E-state index contributed by atoms with van der Waals surface area (Å²) in [6.07, 6.45) is 9.21. The first kappa shape index (κ1) is 15.5. The van der Waals surface area contributed by atoms with Gasteiger partial charge in [0.15, 0.2) is 0 Å². The zero-order valence-corrected chi connectivity index (χ0v) is 13.5. The molecule has 0 bridgehead atoms. The SMILES string of the molecule is CCCn1cc(C(NC)C(C)(CC)N2CCCC2)cn1. The quantitative estimate of drug-likeness (QED) is 0.832. The number of aryl methyl sites for hydroxylation is 1. The van der Waals surface area contributed by atoms with Gasteiger partial charge in [-0.1, -0.05) is 13.8 Å². The Kier molecular flexibility index (Phi) is 5.22. The Morgan fingerprint density at radius 3 is 2.60 bits per heavy atom. The highest BCUT2D eigenvalue weighted by Crippen LogP contribution is 2.36. The molecule has 2 rings (SSSR count). The van der Waals surface area contributed by atoms with Crippen LogP contribution >= 0.6 is 0 Å². The molecule has 1 N–H and O–H groups in total. The second-order valence-corrected chi connectivity index (χ2v) is 6.16. The molecule has 1 fully saturated rings. The zero-order valence-electron chi connectivity index (χ0n) is 13.5. The lowest BCUT2D eigenvalue weighted by atomic mass is 9.84. The molecule has 1 saturated heterocycles. The van der Waals surface area contributed by atoms with Gasteiger partial charge in [-0.2, -0.15) is 5.10 Å². The van der Waals surface area contributed by atoms with E-state index in [1.807, 2.05) is 6.20 Å². The molecule has 0 spiro atoms. The van der Waals surface area contributed by atoms with Crippen molar-refractivity contribution < 1.29 is 0 Å². The molecule has 0 saturated carbocycles. The Balaban J connectivity index is 2.23. The number of nitrogens with zero attached hydrogens (tertiary/aromatic N) is 3. The third-order valence-electron chi connectivity index (χ3n) is 4.89. The van der Waals surface area contributed by atoms with Crippen molar-refractivity contribution in [2.24, 2.45) is 0 Å². The number of aromatic nitrogens is 2. The van der Waals surface area contributed by atoms with Gasteiger partial charge in [0.2, 0.25) is 0 Å². The van der Waals surface area contributed by atoms with Crippen molar-refractivity contribution in [3.63, 3.8) is 0 Å². The van der Waals surface area contributed by atoms with Crippen LogP contribution in [0.5, 0.6) is 0 Å². The Labute approximate surface area is 123 Å². The van der Waals surface area contributed by atoms with Crippen LogP contribution in [0.1, 0.15) is 58.1 Å². The Morgan fingerprint density at radius 1 is 1.35 bits per heavy atom. The van der Waals surface area contributed by atoms with E-state index in [1.54, 1.807) is 0 Å². The summed E-state index contributed by atoms with van der Waals surface area (Å²) in [6.45, 7) is 10.4. The second-order valence-electron chi connectivity index (χ2n) is 6.16. The van der Waals surface area contributed by atoms with Crippen LogP contribution in [0.15, 0.2) is 12.4 Å². The molecule has 20 heavy (non-hydrogen) atoms. The number of hydrogen-bond acceptors (Lipinski definition) is 3. The van der Waals surface area contributed by atoms with Gasteiger partial charge in [-0.15, -0.1) is 0 Å². The first-order valence-electron chi connectivity index (χ1n) is 8.10. The second kappa shape index (κ2) is 6.72. The summed E-state index contributed by atoms with van der Waals surface area (Å²) in [4.78, 5) is 2.66. The van der Waals surface area contributed by atoms with Crippen LogP contribution in [0.3, 0.4) is 0 Å². The molecule has 1 aromatic heterocycles. The van der Waals surface area contributed by atoms with Crippen LogP contribution < -0.4 is 5.32 Å². The van der Waals surface area contributed by atoms with Crippen molar-refractivity contribution in [2.75, 3.05) is 20.1 Å². The van der Waals surface area contributed by atoms with Crippen molar-refractivity contribution in [1.82, 2.24) is 20.0 Å². The van der Waals surface area contributed by atoms with Gasteiger partial charge in [0, 0.05) is 23.8 Å². The summed E-state index contributed by atoms with van der Waals surface area (Å²) < 4.78 is 2.07. The molecule has 114 valence electrons. The van der Waals surface area contributed by atoms with Gasteiger partial charge in [-0.25, -0.2) is 0 Å². The number of rotatable bonds is 7. The average molecular weight is 278 g/mol. The number of likely N-dealkylation sites (N-methyl/N-ethyl adjacent to an activating group) is 1. The number of nitrogens with one attached hydrogen (secondary N) is 1. The van der Waals surface area contributed by atoms with Crippen LogP contribution in [-0.4, -0.2) is 40.4 Å². The third-order valence-corrected chi connectivity index (χ3v) is 4.89. The Hall–Kier alpha value is -0.870.